The summed E-state index contributed by atoms with van der Waals surface area (Å²) in [4.78, 5) is 30.2. The molecule has 2 aromatic carbocycles. The van der Waals surface area contributed by atoms with Crippen LogP contribution in [0, 0.1) is 13.8 Å². The molecule has 0 aliphatic carbocycles. The number of ether oxygens (including phenoxy) is 1. The summed E-state index contributed by atoms with van der Waals surface area (Å²) >= 11 is 1.43. The molecule has 0 spiro atoms. The zero-order valence-corrected chi connectivity index (χ0v) is 18.8. The lowest BCUT2D eigenvalue weighted by Gasteiger charge is -2.19. The number of aromatic nitrogens is 2. The second kappa shape index (κ2) is 8.69. The number of benzene rings is 2. The van der Waals surface area contributed by atoms with E-state index in [0.717, 1.165) is 22.1 Å². The Morgan fingerprint density at radius 2 is 1.90 bits per heavy atom. The summed E-state index contributed by atoms with van der Waals surface area (Å²) in [6.45, 7) is 6.27. The summed E-state index contributed by atoms with van der Waals surface area (Å²) in [5, 5.41) is 2.07. The number of rotatable bonds is 6. The number of fused-ring (bicyclic) bond motifs is 2. The molecule has 0 aliphatic heterocycles. The largest absolute Gasteiger partial charge is 0.422 e. The summed E-state index contributed by atoms with van der Waals surface area (Å²) in [6, 6.07) is 12.7. The second-order valence-electron chi connectivity index (χ2n) is 7.65. The predicted octanol–water partition coefficient (Wildman–Crippen LogP) is 4.62. The van der Waals surface area contributed by atoms with Crippen molar-refractivity contribution in [2.75, 3.05) is 13.7 Å². The minimum absolute atomic E-state index is 0.0958. The van der Waals surface area contributed by atoms with E-state index in [0.29, 0.717) is 34.0 Å². The van der Waals surface area contributed by atoms with Gasteiger partial charge in [-0.05, 0) is 49.6 Å². The van der Waals surface area contributed by atoms with Gasteiger partial charge in [0.15, 0.2) is 5.16 Å². The van der Waals surface area contributed by atoms with Crippen LogP contribution in [0.2, 0.25) is 0 Å². The Labute approximate surface area is 183 Å². The third-order valence-corrected chi connectivity index (χ3v) is 6.50. The number of nitrogens with zero attached hydrogens (tertiary/aromatic N) is 2. The molecule has 31 heavy (non-hydrogen) atoms. The quantitative estimate of drug-likeness (QED) is 0.249. The first kappa shape index (κ1) is 21.3. The fourth-order valence-corrected chi connectivity index (χ4v) is 4.81. The SMILES string of the molecule is COCC(C)n1c(SCc2cc(=O)oc3c(C)c(C)ccc23)nc2ccccc2c1=O. The Hall–Kier alpha value is -2.90. The molecular formula is C24H24N2O4S. The number of aryl methyl sites for hydroxylation is 2. The number of thioether (sulfide) groups is 1. The van der Waals surface area contributed by atoms with Gasteiger partial charge in [0.2, 0.25) is 0 Å². The molecule has 0 bridgehead atoms. The van der Waals surface area contributed by atoms with E-state index in [2.05, 4.69) is 0 Å². The Bertz CT molecular complexity index is 1390. The van der Waals surface area contributed by atoms with Crippen molar-refractivity contribution in [1.82, 2.24) is 9.55 Å². The standard InChI is InChI=1S/C24H24N2O4S/c1-14-9-10-18-17(11-21(27)30-22(18)16(14)3)13-31-24-25-20-8-6-5-7-19(20)23(28)26(24)15(2)12-29-4/h5-11,15H,12-13H2,1-4H3. The molecule has 2 aromatic heterocycles. The first-order valence-corrected chi connectivity index (χ1v) is 11.0. The zero-order valence-electron chi connectivity index (χ0n) is 18.0. The van der Waals surface area contributed by atoms with Crippen LogP contribution in [0.1, 0.15) is 29.7 Å². The van der Waals surface area contributed by atoms with Crippen LogP contribution in [-0.2, 0) is 10.5 Å². The van der Waals surface area contributed by atoms with Crippen LogP contribution in [0.15, 0.2) is 61.6 Å². The average Bonchev–Trinajstić information content (AvgIpc) is 2.75. The molecule has 4 aromatic rings. The monoisotopic (exact) mass is 436 g/mol. The third-order valence-electron chi connectivity index (χ3n) is 5.50. The van der Waals surface area contributed by atoms with Crippen molar-refractivity contribution in [3.05, 3.63) is 79.9 Å². The lowest BCUT2D eigenvalue weighted by atomic mass is 10.0. The molecule has 4 rings (SSSR count). The Balaban J connectivity index is 1.81. The number of methoxy groups -OCH3 is 1. The van der Waals surface area contributed by atoms with Gasteiger partial charge in [-0.15, -0.1) is 0 Å². The Kier molecular flexibility index (Phi) is 5.98. The maximum atomic E-state index is 13.2. The van der Waals surface area contributed by atoms with Gasteiger partial charge < -0.3 is 9.15 Å². The van der Waals surface area contributed by atoms with Crippen molar-refractivity contribution < 1.29 is 9.15 Å². The maximum absolute atomic E-state index is 13.2. The summed E-state index contributed by atoms with van der Waals surface area (Å²) < 4.78 is 12.5. The minimum atomic E-state index is -0.381. The highest BCUT2D eigenvalue weighted by atomic mass is 32.2. The minimum Gasteiger partial charge on any atom is -0.422 e. The molecule has 2 heterocycles. The Morgan fingerprint density at radius 3 is 2.68 bits per heavy atom. The number of para-hydroxylation sites is 1. The molecule has 0 saturated carbocycles. The fourth-order valence-electron chi connectivity index (χ4n) is 3.72. The maximum Gasteiger partial charge on any atom is 0.336 e. The van der Waals surface area contributed by atoms with E-state index < -0.39 is 0 Å². The van der Waals surface area contributed by atoms with E-state index in [1.807, 2.05) is 51.1 Å². The average molecular weight is 437 g/mol. The van der Waals surface area contributed by atoms with Gasteiger partial charge in [-0.1, -0.05) is 36.0 Å². The van der Waals surface area contributed by atoms with Gasteiger partial charge in [0.25, 0.3) is 5.56 Å². The van der Waals surface area contributed by atoms with E-state index in [-0.39, 0.29) is 17.2 Å². The number of hydrogen-bond donors (Lipinski definition) is 0. The van der Waals surface area contributed by atoms with Gasteiger partial charge in [-0.25, -0.2) is 9.78 Å². The normalized spacial score (nSPS) is 12.5. The molecule has 0 saturated heterocycles. The van der Waals surface area contributed by atoms with Crippen LogP contribution >= 0.6 is 11.8 Å². The van der Waals surface area contributed by atoms with Gasteiger partial charge in [0, 0.05) is 24.3 Å². The summed E-state index contributed by atoms with van der Waals surface area (Å²) in [5.74, 6) is 0.481. The first-order valence-electron chi connectivity index (χ1n) is 10.1. The van der Waals surface area contributed by atoms with Crippen molar-refractivity contribution in [2.24, 2.45) is 0 Å². The van der Waals surface area contributed by atoms with E-state index in [1.54, 1.807) is 17.7 Å². The van der Waals surface area contributed by atoms with Crippen molar-refractivity contribution in [1.29, 1.82) is 0 Å². The van der Waals surface area contributed by atoms with Gasteiger partial charge in [0.05, 0.1) is 23.6 Å². The van der Waals surface area contributed by atoms with Gasteiger partial charge in [-0.2, -0.15) is 0 Å². The molecule has 0 N–H and O–H groups in total. The molecule has 7 heteroatoms. The van der Waals surface area contributed by atoms with Crippen LogP contribution in [0.4, 0.5) is 0 Å². The van der Waals surface area contributed by atoms with Crippen LogP contribution in [0.25, 0.3) is 21.9 Å². The summed E-state index contributed by atoms with van der Waals surface area (Å²) in [6.07, 6.45) is 0. The van der Waals surface area contributed by atoms with Crippen LogP contribution in [0.3, 0.4) is 0 Å². The Morgan fingerprint density at radius 1 is 1.13 bits per heavy atom. The number of hydrogen-bond acceptors (Lipinski definition) is 6. The van der Waals surface area contributed by atoms with E-state index in [1.165, 1.54) is 17.8 Å². The van der Waals surface area contributed by atoms with Crippen molar-refractivity contribution in [2.45, 2.75) is 37.7 Å². The molecule has 160 valence electrons. The van der Waals surface area contributed by atoms with E-state index in [4.69, 9.17) is 14.1 Å². The predicted molar refractivity (Wildman–Crippen MR) is 124 cm³/mol. The highest BCUT2D eigenvalue weighted by Crippen LogP contribution is 2.29. The van der Waals surface area contributed by atoms with Crippen molar-refractivity contribution in [3.63, 3.8) is 0 Å². The fraction of sp³-hybridized carbons (Fsp3) is 0.292. The zero-order chi connectivity index (χ0) is 22.1. The van der Waals surface area contributed by atoms with Crippen LogP contribution in [0.5, 0.6) is 0 Å². The van der Waals surface area contributed by atoms with Gasteiger partial charge in [-0.3, -0.25) is 9.36 Å². The molecule has 1 unspecified atom stereocenters. The van der Waals surface area contributed by atoms with Crippen LogP contribution < -0.4 is 11.2 Å². The molecule has 0 amide bonds. The molecule has 6 nitrogen and oxygen atoms in total. The molecule has 0 radical (unpaired) electrons. The van der Waals surface area contributed by atoms with Gasteiger partial charge >= 0.3 is 5.63 Å². The van der Waals surface area contributed by atoms with Crippen LogP contribution in [-0.4, -0.2) is 23.3 Å². The first-order chi connectivity index (χ1) is 14.9. The molecule has 1 atom stereocenters. The second-order valence-corrected chi connectivity index (χ2v) is 8.60. The summed E-state index contributed by atoms with van der Waals surface area (Å²) in [7, 11) is 1.61. The molecule has 0 aliphatic rings. The highest BCUT2D eigenvalue weighted by Gasteiger charge is 2.18. The van der Waals surface area contributed by atoms with Crippen molar-refractivity contribution >= 4 is 33.6 Å². The van der Waals surface area contributed by atoms with Gasteiger partial charge in [0.1, 0.15) is 5.58 Å². The van der Waals surface area contributed by atoms with E-state index >= 15 is 0 Å². The highest BCUT2D eigenvalue weighted by molar-refractivity contribution is 7.98. The van der Waals surface area contributed by atoms with Crippen molar-refractivity contribution in [3.8, 4) is 0 Å². The lowest BCUT2D eigenvalue weighted by Crippen LogP contribution is -2.28. The molecular weight excluding hydrogens is 412 g/mol. The smallest absolute Gasteiger partial charge is 0.336 e. The third kappa shape index (κ3) is 4.03. The van der Waals surface area contributed by atoms with E-state index in [9.17, 15) is 9.59 Å². The molecule has 0 fully saturated rings. The topological polar surface area (TPSA) is 74.3 Å². The lowest BCUT2D eigenvalue weighted by molar-refractivity contribution is 0.156. The summed E-state index contributed by atoms with van der Waals surface area (Å²) in [5.41, 5.74) is 3.66.